The van der Waals surface area contributed by atoms with E-state index in [0.29, 0.717) is 19.3 Å². The third kappa shape index (κ3) is 97.4. The van der Waals surface area contributed by atoms with Crippen LogP contribution in [0.3, 0.4) is 0 Å². The van der Waals surface area contributed by atoms with E-state index in [0.717, 1.165) is 148 Å². The van der Waals surface area contributed by atoms with E-state index in [-0.39, 0.29) is 19.3 Å². The number of esters is 3. The summed E-state index contributed by atoms with van der Waals surface area (Å²) in [5.41, 5.74) is 0. The highest BCUT2D eigenvalue weighted by atomic mass is 31.2. The minimum atomic E-state index is -4.95. The molecule has 0 saturated carbocycles. The van der Waals surface area contributed by atoms with E-state index in [2.05, 4.69) is 191 Å². The van der Waals surface area contributed by atoms with Crippen molar-refractivity contribution < 1.29 is 75.8 Å². The van der Waals surface area contributed by atoms with Crippen LogP contribution in [0.1, 0.15) is 419 Å². The number of phosphoric ester groups is 2. The smallest absolute Gasteiger partial charge is 0.463 e. The molecule has 0 rings (SSSR count). The molecule has 706 valence electrons. The van der Waals surface area contributed by atoms with Gasteiger partial charge >= 0.3 is 33.6 Å². The maximum Gasteiger partial charge on any atom is 0.472 e. The maximum absolute atomic E-state index is 13.1. The Bertz CT molecular complexity index is 2920. The van der Waals surface area contributed by atoms with Crippen molar-refractivity contribution in [1.82, 2.24) is 0 Å². The first kappa shape index (κ1) is 118. The number of aliphatic hydroxyl groups excluding tert-OH is 2. The van der Waals surface area contributed by atoms with E-state index in [1.54, 1.807) is 0 Å². The maximum atomic E-state index is 13.1. The molecule has 0 fully saturated rings. The Morgan fingerprint density at radius 2 is 0.431 bits per heavy atom. The van der Waals surface area contributed by atoms with Crippen LogP contribution >= 0.6 is 15.6 Å². The molecule has 0 aliphatic heterocycles. The highest BCUT2D eigenvalue weighted by Crippen LogP contribution is 2.45. The fraction of sp³-hybridized carbons (Fsp3) is 0.705. The Hall–Kier alpha value is -5.09. The van der Waals surface area contributed by atoms with Gasteiger partial charge in [-0.05, 0) is 161 Å². The van der Waals surface area contributed by atoms with Crippen LogP contribution < -0.4 is 0 Å². The minimum absolute atomic E-state index is 0.0708. The summed E-state index contributed by atoms with van der Waals surface area (Å²) < 4.78 is 61.6. The summed E-state index contributed by atoms with van der Waals surface area (Å²) in [6, 6.07) is 0. The van der Waals surface area contributed by atoms with Gasteiger partial charge in [-0.3, -0.25) is 32.5 Å². The summed E-state index contributed by atoms with van der Waals surface area (Å²) in [6.45, 7) is 2.54. The van der Waals surface area contributed by atoms with Crippen LogP contribution in [0.5, 0.6) is 0 Å². The highest BCUT2D eigenvalue weighted by molar-refractivity contribution is 7.47. The Kier molecular flexibility index (Phi) is 92.0. The molecule has 18 heteroatoms. The predicted octanol–water partition coefficient (Wildman–Crippen LogP) is 31.0. The van der Waals surface area contributed by atoms with Gasteiger partial charge in [0.1, 0.15) is 25.4 Å². The summed E-state index contributed by atoms with van der Waals surface area (Å²) in [5, 5.41) is 20.8. The first-order valence-corrected chi connectivity index (χ1v) is 52.4. The van der Waals surface area contributed by atoms with E-state index in [1.165, 1.54) is 212 Å². The normalized spacial score (nSPS) is 14.4. The Labute approximate surface area is 752 Å². The minimum Gasteiger partial charge on any atom is -0.463 e. The lowest BCUT2D eigenvalue weighted by Crippen LogP contribution is -2.30. The van der Waals surface area contributed by atoms with Crippen molar-refractivity contribution in [2.75, 3.05) is 39.6 Å². The number of unbranched alkanes of at least 4 members (excludes halogenated alkanes) is 42. The van der Waals surface area contributed by atoms with Crippen molar-refractivity contribution in [2.45, 2.75) is 437 Å². The molecule has 0 amide bonds. The summed E-state index contributed by atoms with van der Waals surface area (Å²) in [5.74, 6) is -1.59. The van der Waals surface area contributed by atoms with Gasteiger partial charge in [-0.15, -0.1) is 0 Å². The lowest BCUT2D eigenvalue weighted by molar-refractivity contribution is -0.161. The average Bonchev–Trinajstić information content (AvgIpc) is 0.893. The fourth-order valence-electron chi connectivity index (χ4n) is 13.4. The van der Waals surface area contributed by atoms with Gasteiger partial charge in [0.2, 0.25) is 0 Å². The van der Waals surface area contributed by atoms with Gasteiger partial charge in [0, 0.05) is 19.3 Å². The van der Waals surface area contributed by atoms with Crippen LogP contribution in [0.25, 0.3) is 0 Å². The number of aliphatic hydroxyl groups is 2. The van der Waals surface area contributed by atoms with Crippen LogP contribution in [-0.2, 0) is 55.8 Å². The molecular weight excluding hydrogens is 1580 g/mol. The van der Waals surface area contributed by atoms with Gasteiger partial charge in [-0.1, -0.05) is 409 Å². The molecule has 0 bridgehead atoms. The highest BCUT2D eigenvalue weighted by Gasteiger charge is 2.30. The van der Waals surface area contributed by atoms with Crippen LogP contribution in [0, 0.1) is 0 Å². The van der Waals surface area contributed by atoms with E-state index in [1.807, 2.05) is 0 Å². The number of allylic oxidation sites excluding steroid dienone is 28. The number of rotatable bonds is 93. The van der Waals surface area contributed by atoms with E-state index in [9.17, 15) is 43.5 Å². The molecule has 16 nitrogen and oxygen atoms in total. The molecule has 0 heterocycles. The van der Waals surface area contributed by atoms with Crippen molar-refractivity contribution in [1.29, 1.82) is 0 Å². The number of phosphoric acid groups is 2. The largest absolute Gasteiger partial charge is 0.472 e. The Morgan fingerprint density at radius 3 is 0.683 bits per heavy atom. The summed E-state index contributed by atoms with van der Waals surface area (Å²) in [6.07, 6.45) is 126. The average molecular weight is 1760 g/mol. The summed E-state index contributed by atoms with van der Waals surface area (Å²) in [4.78, 5) is 59.1. The quantitative estimate of drug-likeness (QED) is 0.0146. The molecule has 123 heavy (non-hydrogen) atoms. The molecule has 0 saturated heterocycles. The van der Waals surface area contributed by atoms with Crippen molar-refractivity contribution in [3.8, 4) is 0 Å². The number of ether oxygens (including phenoxy) is 3. The molecule has 0 aromatic rings. The van der Waals surface area contributed by atoms with Crippen LogP contribution in [-0.4, -0.2) is 95.9 Å². The van der Waals surface area contributed by atoms with Gasteiger partial charge in [0.05, 0.1) is 26.4 Å². The molecule has 0 aromatic heterocycles. The number of hydrogen-bond acceptors (Lipinski definition) is 14. The molecule has 5 unspecified atom stereocenters. The third-order valence-electron chi connectivity index (χ3n) is 20.9. The summed E-state index contributed by atoms with van der Waals surface area (Å²) in [7, 11) is -9.83. The first-order valence-electron chi connectivity index (χ1n) is 49.4. The van der Waals surface area contributed by atoms with Gasteiger partial charge < -0.3 is 34.2 Å². The monoisotopic (exact) mass is 1760 g/mol. The van der Waals surface area contributed by atoms with Gasteiger partial charge in [0.25, 0.3) is 0 Å². The van der Waals surface area contributed by atoms with Gasteiger partial charge in [0.15, 0.2) is 6.10 Å². The zero-order valence-corrected chi connectivity index (χ0v) is 79.9. The van der Waals surface area contributed by atoms with Crippen LogP contribution in [0.4, 0.5) is 0 Å². The predicted molar refractivity (Wildman–Crippen MR) is 519 cm³/mol. The Morgan fingerprint density at radius 1 is 0.236 bits per heavy atom. The molecule has 0 radical (unpaired) electrons. The zero-order chi connectivity index (χ0) is 89.3. The standard InChI is InChI=1S/C105H180O16P2/c1-4-7-10-13-16-19-22-25-28-31-34-37-40-42-44-46-48-49-51-53-54-56-59-61-64-67-70-73-76-79-82-85-88-91-103(108)115-94-100(106)95-117-122(111,112)118-96-101(107)97-119-123(113,114)120-99-102(121-105(110)93-90-87-84-81-78-75-72-69-66-63-58-39-36-33-30-27-24-21-18-15-12-9-6-3)98-116-104(109)92-89-86-83-80-77-74-71-68-65-62-60-57-55-52-50-47-45-43-41-38-35-32-29-26-23-20-17-14-11-8-5-2/h9,12,16-21,25-30,34-39,42-45,63,66,72,75,100-102,106-107H,4-8,10-11,13-15,22-24,31-33,40-41,46-62,64-65,67-71,73-74,76-99H2,1-3H3,(H,111,112)(H,113,114)/b12-9-,19-16-,20-17-,21-18-,28-25-,29-26-,30-27-,37-34-,38-35-,39-36-,44-42-,45-43-,66-63-,75-72-. The van der Waals surface area contributed by atoms with Crippen LogP contribution in [0.2, 0.25) is 0 Å². The zero-order valence-electron chi connectivity index (χ0n) is 78.1. The second-order valence-electron chi connectivity index (χ2n) is 32.8. The number of hydrogen-bond donors (Lipinski definition) is 4. The van der Waals surface area contributed by atoms with Gasteiger partial charge in [-0.25, -0.2) is 9.13 Å². The second-order valence-corrected chi connectivity index (χ2v) is 35.7. The molecule has 0 aromatic carbocycles. The molecule has 4 N–H and O–H groups in total. The van der Waals surface area contributed by atoms with Crippen molar-refractivity contribution in [2.24, 2.45) is 0 Å². The fourth-order valence-corrected chi connectivity index (χ4v) is 15.0. The number of carbonyl (C=O) groups excluding carboxylic acids is 3. The van der Waals surface area contributed by atoms with E-state index < -0.39 is 91.5 Å². The molecule has 0 aliphatic carbocycles. The van der Waals surface area contributed by atoms with Gasteiger partial charge in [-0.2, -0.15) is 0 Å². The third-order valence-corrected chi connectivity index (χ3v) is 22.8. The molecule has 0 spiro atoms. The van der Waals surface area contributed by atoms with Crippen molar-refractivity contribution in [3.63, 3.8) is 0 Å². The lowest BCUT2D eigenvalue weighted by Gasteiger charge is -2.21. The molecular formula is C105H180O16P2. The molecule has 0 aliphatic rings. The van der Waals surface area contributed by atoms with Crippen molar-refractivity contribution in [3.05, 3.63) is 170 Å². The SMILES string of the molecule is CC/C=C\C/C=C\C/C=C\C/C=C\C/C=C\C/C=C\CCCCCCC(=O)OC(COC(=O)CCCCCCCCCCCCCCCCC/C=C\C/C=C\C/C=C\C/C=C\CCCCC)COP(=O)(O)OCC(O)COP(=O)(O)OCC(O)COC(=O)CCCCCCCCCCCCCCCCCCC/C=C\C/C=C\C/C=C\C/C=C\CCCCC. The van der Waals surface area contributed by atoms with E-state index >= 15 is 0 Å². The van der Waals surface area contributed by atoms with Crippen LogP contribution in [0.15, 0.2) is 170 Å². The van der Waals surface area contributed by atoms with E-state index in [4.69, 9.17) is 32.3 Å². The second kappa shape index (κ2) is 96.0. The Balaban J connectivity index is 4.59. The topological polar surface area (TPSA) is 231 Å². The molecule has 5 atom stereocenters. The lowest BCUT2D eigenvalue weighted by atomic mass is 10.0. The number of carbonyl (C=O) groups is 3. The van der Waals surface area contributed by atoms with Crippen molar-refractivity contribution >= 4 is 33.6 Å². The summed E-state index contributed by atoms with van der Waals surface area (Å²) >= 11 is 0. The first-order chi connectivity index (χ1) is 60.2.